The van der Waals surface area contributed by atoms with Crippen molar-refractivity contribution in [3.63, 3.8) is 0 Å². The topological polar surface area (TPSA) is 35.5 Å². The van der Waals surface area contributed by atoms with Crippen molar-refractivity contribution in [2.24, 2.45) is 0 Å². The predicted molar refractivity (Wildman–Crippen MR) is 71.7 cm³/mol. The minimum atomic E-state index is -0.409. The number of esters is 1. The lowest BCUT2D eigenvalue weighted by molar-refractivity contribution is -0.144. The number of rotatable bonds is 6. The molecular weight excluding hydrogens is 228 g/mol. The van der Waals surface area contributed by atoms with Crippen LogP contribution >= 0.6 is 0 Å². The molecule has 0 spiro atoms. The van der Waals surface area contributed by atoms with E-state index in [0.29, 0.717) is 0 Å². The Labute approximate surface area is 108 Å². The lowest BCUT2D eigenvalue weighted by Gasteiger charge is -2.21. The van der Waals surface area contributed by atoms with Crippen molar-refractivity contribution in [2.45, 2.75) is 18.9 Å². The molecule has 0 aliphatic heterocycles. The largest absolute Gasteiger partial charge is 0.497 e. The Hall–Kier alpha value is -2.03. The number of carbonyl (C=O) groups is 1. The van der Waals surface area contributed by atoms with Crippen LogP contribution in [0.25, 0.3) is 0 Å². The lowest BCUT2D eigenvalue weighted by Crippen LogP contribution is -2.21. The Morgan fingerprint density at radius 2 is 1.83 bits per heavy atom. The second-order valence-corrected chi connectivity index (χ2v) is 3.84. The van der Waals surface area contributed by atoms with Gasteiger partial charge in [0.1, 0.15) is 11.9 Å². The second kappa shape index (κ2) is 6.64. The summed E-state index contributed by atoms with van der Waals surface area (Å²) in [5, 5.41) is 0. The molecule has 0 heterocycles. The van der Waals surface area contributed by atoms with Gasteiger partial charge in [0, 0.05) is 12.8 Å². The van der Waals surface area contributed by atoms with Gasteiger partial charge in [0.15, 0.2) is 0 Å². The Morgan fingerprint density at radius 1 is 1.22 bits per heavy atom. The van der Waals surface area contributed by atoms with E-state index in [1.54, 1.807) is 19.3 Å². The average molecular weight is 246 g/mol. The quantitative estimate of drug-likeness (QED) is 0.571. The first-order valence-electron chi connectivity index (χ1n) is 5.68. The molecule has 3 heteroatoms. The van der Waals surface area contributed by atoms with Crippen LogP contribution in [0.2, 0.25) is 0 Å². The van der Waals surface area contributed by atoms with Gasteiger partial charge in [-0.25, -0.2) is 0 Å². The summed E-state index contributed by atoms with van der Waals surface area (Å²) in [6.07, 6.45) is 2.95. The Kier molecular flexibility index (Phi) is 5.18. The molecule has 18 heavy (non-hydrogen) atoms. The smallest absolute Gasteiger partial charge is 0.303 e. The Balaban J connectivity index is 2.95. The fourth-order valence-electron chi connectivity index (χ4n) is 1.75. The molecule has 0 aliphatic rings. The molecule has 3 nitrogen and oxygen atoms in total. The van der Waals surface area contributed by atoms with Crippen molar-refractivity contribution in [3.8, 4) is 5.75 Å². The molecule has 0 aliphatic carbocycles. The summed E-state index contributed by atoms with van der Waals surface area (Å²) in [5.41, 5.74) is 0.997. The van der Waals surface area contributed by atoms with Crippen molar-refractivity contribution < 1.29 is 14.3 Å². The summed E-state index contributed by atoms with van der Waals surface area (Å²) in [7, 11) is 1.62. The minimum Gasteiger partial charge on any atom is -0.497 e. The standard InChI is InChI=1S/C15H18O3/c1-5-14(15(6-2)18-11(3)16)12-7-9-13(17-4)10-8-12/h5-10,14-15H,1-2H2,3-4H3/t14-,15+/m0/s1. The van der Waals surface area contributed by atoms with Gasteiger partial charge in [0.05, 0.1) is 7.11 Å². The van der Waals surface area contributed by atoms with Crippen molar-refractivity contribution in [1.82, 2.24) is 0 Å². The summed E-state index contributed by atoms with van der Waals surface area (Å²) in [6.45, 7) is 8.86. The van der Waals surface area contributed by atoms with Gasteiger partial charge in [-0.3, -0.25) is 4.79 Å². The summed E-state index contributed by atoms with van der Waals surface area (Å²) in [4.78, 5) is 11.0. The number of carbonyl (C=O) groups excluding carboxylic acids is 1. The number of methoxy groups -OCH3 is 1. The molecule has 2 atom stereocenters. The highest BCUT2D eigenvalue weighted by Crippen LogP contribution is 2.26. The number of ether oxygens (including phenoxy) is 2. The van der Waals surface area contributed by atoms with Gasteiger partial charge in [-0.2, -0.15) is 0 Å². The summed E-state index contributed by atoms with van der Waals surface area (Å²) in [6, 6.07) is 7.57. The zero-order valence-corrected chi connectivity index (χ0v) is 10.8. The molecule has 0 unspecified atom stereocenters. The molecule has 0 saturated carbocycles. The van der Waals surface area contributed by atoms with E-state index >= 15 is 0 Å². The normalized spacial score (nSPS) is 13.2. The number of benzene rings is 1. The maximum atomic E-state index is 11.0. The molecule has 0 N–H and O–H groups in total. The third-order valence-electron chi connectivity index (χ3n) is 2.64. The zero-order valence-electron chi connectivity index (χ0n) is 10.8. The highest BCUT2D eigenvalue weighted by molar-refractivity contribution is 5.66. The first-order valence-corrected chi connectivity index (χ1v) is 5.68. The van der Waals surface area contributed by atoms with E-state index in [1.165, 1.54) is 6.92 Å². The van der Waals surface area contributed by atoms with Gasteiger partial charge in [0.2, 0.25) is 0 Å². The van der Waals surface area contributed by atoms with Crippen molar-refractivity contribution >= 4 is 5.97 Å². The third kappa shape index (κ3) is 3.48. The monoisotopic (exact) mass is 246 g/mol. The molecule has 0 aromatic heterocycles. The van der Waals surface area contributed by atoms with Crippen LogP contribution in [-0.2, 0) is 9.53 Å². The zero-order chi connectivity index (χ0) is 13.5. The summed E-state index contributed by atoms with van der Waals surface area (Å²) >= 11 is 0. The van der Waals surface area contributed by atoms with E-state index < -0.39 is 6.10 Å². The van der Waals surface area contributed by atoms with E-state index in [1.807, 2.05) is 24.3 Å². The third-order valence-corrected chi connectivity index (χ3v) is 2.64. The number of hydrogen-bond donors (Lipinski definition) is 0. The molecule has 0 amide bonds. The first-order chi connectivity index (χ1) is 8.62. The fourth-order valence-corrected chi connectivity index (χ4v) is 1.75. The Bertz CT molecular complexity index is 420. The van der Waals surface area contributed by atoms with Crippen LogP contribution in [-0.4, -0.2) is 19.2 Å². The van der Waals surface area contributed by atoms with Crippen molar-refractivity contribution in [3.05, 3.63) is 55.1 Å². The van der Waals surface area contributed by atoms with Gasteiger partial charge in [-0.15, -0.1) is 6.58 Å². The van der Waals surface area contributed by atoms with Crippen molar-refractivity contribution in [2.75, 3.05) is 7.11 Å². The van der Waals surface area contributed by atoms with E-state index in [4.69, 9.17) is 9.47 Å². The SMILES string of the molecule is C=C[C@@H](OC(C)=O)[C@@H](C=C)c1ccc(OC)cc1. The maximum absolute atomic E-state index is 11.0. The molecule has 0 radical (unpaired) electrons. The van der Waals surface area contributed by atoms with Crippen LogP contribution in [0.4, 0.5) is 0 Å². The van der Waals surface area contributed by atoms with E-state index in [-0.39, 0.29) is 11.9 Å². The first kappa shape index (κ1) is 14.0. The molecule has 0 bridgehead atoms. The highest BCUT2D eigenvalue weighted by atomic mass is 16.5. The van der Waals surface area contributed by atoms with E-state index in [9.17, 15) is 4.79 Å². The highest BCUT2D eigenvalue weighted by Gasteiger charge is 2.20. The van der Waals surface area contributed by atoms with Crippen LogP contribution in [0, 0.1) is 0 Å². The molecule has 0 fully saturated rings. The lowest BCUT2D eigenvalue weighted by atomic mass is 9.93. The fraction of sp³-hybridized carbons (Fsp3) is 0.267. The van der Waals surface area contributed by atoms with E-state index in [2.05, 4.69) is 13.2 Å². The van der Waals surface area contributed by atoms with Crippen LogP contribution in [0.1, 0.15) is 18.4 Å². The van der Waals surface area contributed by atoms with Gasteiger partial charge < -0.3 is 9.47 Å². The predicted octanol–water partition coefficient (Wildman–Crippen LogP) is 3.08. The van der Waals surface area contributed by atoms with Crippen LogP contribution in [0.5, 0.6) is 5.75 Å². The van der Waals surface area contributed by atoms with Gasteiger partial charge in [-0.1, -0.05) is 30.9 Å². The van der Waals surface area contributed by atoms with Gasteiger partial charge >= 0.3 is 5.97 Å². The molecule has 1 aromatic carbocycles. The second-order valence-electron chi connectivity index (χ2n) is 3.84. The van der Waals surface area contributed by atoms with E-state index in [0.717, 1.165) is 11.3 Å². The van der Waals surface area contributed by atoms with Crippen LogP contribution in [0.15, 0.2) is 49.6 Å². The molecule has 1 aromatic rings. The van der Waals surface area contributed by atoms with Crippen LogP contribution < -0.4 is 4.74 Å². The summed E-state index contributed by atoms with van der Waals surface area (Å²) < 4.78 is 10.3. The Morgan fingerprint density at radius 3 is 2.22 bits per heavy atom. The van der Waals surface area contributed by atoms with Gasteiger partial charge in [-0.05, 0) is 17.7 Å². The van der Waals surface area contributed by atoms with Gasteiger partial charge in [0.25, 0.3) is 0 Å². The van der Waals surface area contributed by atoms with Crippen molar-refractivity contribution in [1.29, 1.82) is 0 Å². The molecule has 1 rings (SSSR count). The number of hydrogen-bond acceptors (Lipinski definition) is 3. The maximum Gasteiger partial charge on any atom is 0.303 e. The minimum absolute atomic E-state index is 0.114. The molecule has 0 saturated heterocycles. The summed E-state index contributed by atoms with van der Waals surface area (Å²) in [5.74, 6) is 0.335. The van der Waals surface area contributed by atoms with Crippen LogP contribution in [0.3, 0.4) is 0 Å². The average Bonchev–Trinajstić information content (AvgIpc) is 2.38. The molecular formula is C15H18O3. The molecule has 96 valence electrons.